The largest absolute Gasteiger partial charge is 0.388 e. The van der Waals surface area contributed by atoms with Gasteiger partial charge < -0.3 is 5.32 Å². The summed E-state index contributed by atoms with van der Waals surface area (Å²) in [6.07, 6.45) is 2.27. The number of rotatable bonds is 4. The van der Waals surface area contributed by atoms with Crippen molar-refractivity contribution < 1.29 is 0 Å². The number of anilines is 1. The molecule has 1 N–H and O–H groups in total. The predicted molar refractivity (Wildman–Crippen MR) is 74.2 cm³/mol. The summed E-state index contributed by atoms with van der Waals surface area (Å²) in [5.41, 5.74) is 3.93. The molecule has 0 unspecified atom stereocenters. The smallest absolute Gasteiger partial charge is 0.0370 e. The molecule has 1 aromatic rings. The maximum absolute atomic E-state index is 4.20. The van der Waals surface area contributed by atoms with E-state index in [1.807, 2.05) is 20.9 Å². The zero-order valence-corrected chi connectivity index (χ0v) is 11.2. The van der Waals surface area contributed by atoms with Crippen LogP contribution in [0.4, 0.5) is 5.69 Å². The highest BCUT2D eigenvalue weighted by Crippen LogP contribution is 2.17. The van der Waals surface area contributed by atoms with Crippen LogP contribution in [-0.2, 0) is 6.42 Å². The summed E-state index contributed by atoms with van der Waals surface area (Å²) in [6, 6.07) is 6.58. The summed E-state index contributed by atoms with van der Waals surface area (Å²) in [7, 11) is 1.96. The third-order valence-corrected chi connectivity index (χ3v) is 2.51. The second-order valence-corrected chi connectivity index (χ2v) is 3.67. The minimum absolute atomic E-state index is 0.961. The Morgan fingerprint density at radius 2 is 1.93 bits per heavy atom. The summed E-state index contributed by atoms with van der Waals surface area (Å²) < 4.78 is 0. The van der Waals surface area contributed by atoms with Crippen molar-refractivity contribution in [2.45, 2.75) is 33.6 Å². The summed E-state index contributed by atoms with van der Waals surface area (Å²) >= 11 is 4.20. The van der Waals surface area contributed by atoms with Gasteiger partial charge in [0.1, 0.15) is 0 Å². The fraction of sp³-hybridized carbons (Fsp3) is 0.538. The van der Waals surface area contributed by atoms with Crippen LogP contribution in [0.2, 0.25) is 0 Å². The summed E-state index contributed by atoms with van der Waals surface area (Å²) in [5.74, 6) is 0.961. The predicted octanol–water partition coefficient (Wildman–Crippen LogP) is 3.93. The normalized spacial score (nSPS) is 9.13. The molecule has 0 aliphatic carbocycles. The number of nitrogens with one attached hydrogen (secondary N) is 1. The Labute approximate surface area is 99.7 Å². The Balaban J connectivity index is 0.000000921. The Kier molecular flexibility index (Phi) is 8.30. The molecule has 0 atom stereocenters. The molecule has 2 heteroatoms. The van der Waals surface area contributed by atoms with Gasteiger partial charge in [0.15, 0.2) is 0 Å². The van der Waals surface area contributed by atoms with E-state index >= 15 is 0 Å². The van der Waals surface area contributed by atoms with E-state index in [0.717, 1.165) is 18.6 Å². The maximum atomic E-state index is 4.20. The monoisotopic (exact) mass is 225 g/mol. The first-order valence-electron chi connectivity index (χ1n) is 5.66. The molecule has 0 heterocycles. The highest BCUT2D eigenvalue weighted by molar-refractivity contribution is 7.80. The van der Waals surface area contributed by atoms with Gasteiger partial charge in [-0.15, -0.1) is 0 Å². The van der Waals surface area contributed by atoms with Gasteiger partial charge in [0.05, 0.1) is 0 Å². The molecule has 0 saturated carbocycles. The lowest BCUT2D eigenvalue weighted by molar-refractivity contribution is 0.935. The number of hydrogen-bond donors (Lipinski definition) is 2. The van der Waals surface area contributed by atoms with Crippen LogP contribution in [0.3, 0.4) is 0 Å². The third-order valence-electron chi connectivity index (χ3n) is 2.19. The number of hydrogen-bond acceptors (Lipinski definition) is 2. The minimum atomic E-state index is 0.961. The molecular formula is C13H23NS. The van der Waals surface area contributed by atoms with Crippen molar-refractivity contribution in [1.82, 2.24) is 0 Å². The van der Waals surface area contributed by atoms with E-state index in [9.17, 15) is 0 Å². The Morgan fingerprint density at radius 1 is 1.27 bits per heavy atom. The Morgan fingerprint density at radius 3 is 2.47 bits per heavy atom. The van der Waals surface area contributed by atoms with Crippen molar-refractivity contribution in [1.29, 1.82) is 0 Å². The van der Waals surface area contributed by atoms with Crippen LogP contribution in [-0.4, -0.2) is 12.8 Å². The van der Waals surface area contributed by atoms with Crippen LogP contribution in [0.15, 0.2) is 18.2 Å². The fourth-order valence-electron chi connectivity index (χ4n) is 1.38. The quantitative estimate of drug-likeness (QED) is 0.740. The van der Waals surface area contributed by atoms with Crippen molar-refractivity contribution in [3.8, 4) is 0 Å². The second-order valence-electron chi connectivity index (χ2n) is 3.23. The first-order chi connectivity index (χ1) is 7.27. The molecule has 0 aliphatic heterocycles. The van der Waals surface area contributed by atoms with E-state index in [2.05, 4.69) is 43.1 Å². The lowest BCUT2D eigenvalue weighted by Crippen LogP contribution is -1.94. The van der Waals surface area contributed by atoms with E-state index in [1.165, 1.54) is 16.8 Å². The van der Waals surface area contributed by atoms with Crippen LogP contribution < -0.4 is 5.32 Å². The third kappa shape index (κ3) is 5.12. The number of aryl methyl sites for hydroxylation is 2. The van der Waals surface area contributed by atoms with E-state index in [0.29, 0.717) is 0 Å². The van der Waals surface area contributed by atoms with Crippen molar-refractivity contribution in [3.63, 3.8) is 0 Å². The van der Waals surface area contributed by atoms with Crippen molar-refractivity contribution in [3.05, 3.63) is 29.3 Å². The van der Waals surface area contributed by atoms with Gasteiger partial charge in [0.25, 0.3) is 0 Å². The molecule has 15 heavy (non-hydrogen) atoms. The molecule has 0 radical (unpaired) electrons. The average Bonchev–Trinajstić information content (AvgIpc) is 2.30. The second kappa shape index (κ2) is 8.66. The van der Waals surface area contributed by atoms with Gasteiger partial charge in [-0.25, -0.2) is 0 Å². The van der Waals surface area contributed by atoms with Gasteiger partial charge in [0, 0.05) is 12.7 Å². The van der Waals surface area contributed by atoms with E-state index < -0.39 is 0 Å². The lowest BCUT2D eigenvalue weighted by atomic mass is 10.1. The molecule has 0 aromatic heterocycles. The molecule has 1 aromatic carbocycles. The molecule has 86 valence electrons. The van der Waals surface area contributed by atoms with Gasteiger partial charge in [0.2, 0.25) is 0 Å². The van der Waals surface area contributed by atoms with E-state index in [-0.39, 0.29) is 0 Å². The Bertz CT molecular complexity index is 271. The Hall–Kier alpha value is -0.630. The van der Waals surface area contributed by atoms with Gasteiger partial charge in [-0.05, 0) is 42.7 Å². The average molecular weight is 225 g/mol. The van der Waals surface area contributed by atoms with Crippen LogP contribution in [0.5, 0.6) is 0 Å². The minimum Gasteiger partial charge on any atom is -0.388 e. The van der Waals surface area contributed by atoms with Crippen LogP contribution in [0.25, 0.3) is 0 Å². The van der Waals surface area contributed by atoms with Crippen molar-refractivity contribution in [2.75, 3.05) is 18.1 Å². The lowest BCUT2D eigenvalue weighted by Gasteiger charge is -2.07. The summed E-state index contributed by atoms with van der Waals surface area (Å²) in [5, 5.41) is 3.19. The van der Waals surface area contributed by atoms with Gasteiger partial charge in [-0.3, -0.25) is 0 Å². The van der Waals surface area contributed by atoms with Gasteiger partial charge >= 0.3 is 0 Å². The first-order valence-corrected chi connectivity index (χ1v) is 6.29. The highest BCUT2D eigenvalue weighted by atomic mass is 32.1. The van der Waals surface area contributed by atoms with Crippen LogP contribution >= 0.6 is 12.6 Å². The highest BCUT2D eigenvalue weighted by Gasteiger charge is 1.97. The first kappa shape index (κ1) is 14.4. The van der Waals surface area contributed by atoms with E-state index in [4.69, 9.17) is 0 Å². The molecule has 0 aliphatic rings. The molecule has 1 nitrogen and oxygen atoms in total. The summed E-state index contributed by atoms with van der Waals surface area (Å²) in [4.78, 5) is 0. The number of benzene rings is 1. The molecular weight excluding hydrogens is 202 g/mol. The van der Waals surface area contributed by atoms with Crippen LogP contribution in [0.1, 0.15) is 31.4 Å². The molecule has 0 spiro atoms. The van der Waals surface area contributed by atoms with Gasteiger partial charge in [-0.1, -0.05) is 26.0 Å². The molecule has 0 saturated heterocycles. The summed E-state index contributed by atoms with van der Waals surface area (Å²) in [6.45, 7) is 6.12. The molecule has 1 rings (SSSR count). The van der Waals surface area contributed by atoms with Crippen LogP contribution in [0, 0.1) is 6.92 Å². The van der Waals surface area contributed by atoms with E-state index in [1.54, 1.807) is 0 Å². The topological polar surface area (TPSA) is 12.0 Å². The van der Waals surface area contributed by atoms with Crippen molar-refractivity contribution in [2.24, 2.45) is 0 Å². The van der Waals surface area contributed by atoms with Gasteiger partial charge in [-0.2, -0.15) is 12.6 Å². The zero-order valence-electron chi connectivity index (χ0n) is 10.3. The SMILES string of the molecule is CC.CNc1cc(CCCS)ccc1C. The zero-order chi connectivity index (χ0) is 11.7. The number of thiol groups is 1. The van der Waals surface area contributed by atoms with Crippen molar-refractivity contribution >= 4 is 18.3 Å². The standard InChI is InChI=1S/C11H17NS.C2H6/c1-9-5-6-10(4-3-7-13)8-11(9)12-2;1-2/h5-6,8,12-13H,3-4,7H2,1-2H3;1-2H3. The fourth-order valence-corrected chi connectivity index (χ4v) is 1.54. The molecule has 0 bridgehead atoms. The maximum Gasteiger partial charge on any atom is 0.0370 e. The molecule has 0 amide bonds. The molecule has 0 fully saturated rings.